The van der Waals surface area contributed by atoms with Gasteiger partial charge in [0.15, 0.2) is 0 Å². The maximum absolute atomic E-state index is 13.2. The molecule has 2 heterocycles. The normalized spacial score (nSPS) is 19.0. The third-order valence-corrected chi connectivity index (χ3v) is 6.33. The summed E-state index contributed by atoms with van der Waals surface area (Å²) in [6, 6.07) is 12.2. The van der Waals surface area contributed by atoms with Gasteiger partial charge in [0.05, 0.1) is 13.0 Å². The van der Waals surface area contributed by atoms with Crippen LogP contribution >= 0.6 is 11.6 Å². The third kappa shape index (κ3) is 6.03. The number of hydrogen-bond acceptors (Lipinski definition) is 5. The number of halogens is 2. The molecule has 0 spiro atoms. The number of amides is 3. The number of nitrogens with one attached hydrogen (secondary N) is 2. The molecule has 0 aliphatic carbocycles. The van der Waals surface area contributed by atoms with Gasteiger partial charge in [0.1, 0.15) is 11.9 Å². The van der Waals surface area contributed by atoms with E-state index in [-0.39, 0.29) is 36.5 Å². The van der Waals surface area contributed by atoms with Crippen molar-refractivity contribution in [1.82, 2.24) is 15.1 Å². The van der Waals surface area contributed by atoms with Crippen LogP contribution in [0.3, 0.4) is 0 Å². The van der Waals surface area contributed by atoms with Crippen molar-refractivity contribution in [1.29, 1.82) is 0 Å². The molecule has 34 heavy (non-hydrogen) atoms. The highest BCUT2D eigenvalue weighted by atomic mass is 35.5. The summed E-state index contributed by atoms with van der Waals surface area (Å²) in [6.45, 7) is 3.67. The summed E-state index contributed by atoms with van der Waals surface area (Å²) in [6.07, 6.45) is -0.126. The van der Waals surface area contributed by atoms with Gasteiger partial charge in [0.2, 0.25) is 17.7 Å². The highest BCUT2D eigenvalue weighted by molar-refractivity contribution is 6.30. The van der Waals surface area contributed by atoms with E-state index in [0.29, 0.717) is 50.0 Å². The number of nitrogens with zero attached hydrogens (tertiary/aromatic N) is 3. The van der Waals surface area contributed by atoms with Gasteiger partial charge in [-0.2, -0.15) is 0 Å². The number of carbonyl (C=O) groups excluding carboxylic acids is 3. The van der Waals surface area contributed by atoms with E-state index in [1.807, 2.05) is 4.90 Å². The first-order valence-corrected chi connectivity index (χ1v) is 11.6. The molecular weight excluding hydrogens is 461 g/mol. The van der Waals surface area contributed by atoms with Crippen molar-refractivity contribution >= 4 is 40.7 Å². The Bertz CT molecular complexity index is 1030. The molecule has 3 amide bonds. The second kappa shape index (κ2) is 10.8. The molecule has 2 aromatic rings. The van der Waals surface area contributed by atoms with Crippen LogP contribution in [-0.4, -0.2) is 79.4 Å². The minimum absolute atomic E-state index is 0.126. The molecule has 8 nitrogen and oxygen atoms in total. The second-order valence-electron chi connectivity index (χ2n) is 8.39. The summed E-state index contributed by atoms with van der Waals surface area (Å²) in [4.78, 5) is 43.9. The van der Waals surface area contributed by atoms with Crippen molar-refractivity contribution in [2.24, 2.45) is 0 Å². The van der Waals surface area contributed by atoms with E-state index in [9.17, 15) is 18.8 Å². The van der Waals surface area contributed by atoms with Crippen LogP contribution in [0, 0.1) is 5.82 Å². The van der Waals surface area contributed by atoms with Gasteiger partial charge in [-0.3, -0.25) is 19.3 Å². The number of anilines is 2. The molecule has 0 saturated carbocycles. The third-order valence-electron chi connectivity index (χ3n) is 6.08. The lowest BCUT2D eigenvalue weighted by molar-refractivity contribution is -0.145. The molecule has 2 aromatic carbocycles. The lowest BCUT2D eigenvalue weighted by Gasteiger charge is -2.39. The first kappa shape index (κ1) is 24.0. The molecular formula is C24H27ClFN5O3. The summed E-state index contributed by atoms with van der Waals surface area (Å²) in [5, 5.41) is 6.05. The Kier molecular flexibility index (Phi) is 7.64. The minimum atomic E-state index is -0.853. The zero-order valence-corrected chi connectivity index (χ0v) is 19.4. The predicted molar refractivity (Wildman–Crippen MR) is 128 cm³/mol. The van der Waals surface area contributed by atoms with Gasteiger partial charge in [-0.15, -0.1) is 0 Å². The molecule has 2 saturated heterocycles. The van der Waals surface area contributed by atoms with Crippen LogP contribution in [0.4, 0.5) is 15.8 Å². The van der Waals surface area contributed by atoms with Gasteiger partial charge in [-0.1, -0.05) is 11.6 Å². The van der Waals surface area contributed by atoms with Crippen LogP contribution in [-0.2, 0) is 14.4 Å². The van der Waals surface area contributed by atoms with Gasteiger partial charge in [-0.25, -0.2) is 4.39 Å². The van der Waals surface area contributed by atoms with Crippen molar-refractivity contribution in [2.45, 2.75) is 12.5 Å². The molecule has 2 N–H and O–H groups in total. The van der Waals surface area contributed by atoms with Crippen molar-refractivity contribution in [3.63, 3.8) is 0 Å². The Morgan fingerprint density at radius 2 is 1.68 bits per heavy atom. The van der Waals surface area contributed by atoms with Crippen LogP contribution in [0.15, 0.2) is 48.5 Å². The number of rotatable bonds is 6. The van der Waals surface area contributed by atoms with Crippen LogP contribution in [0.1, 0.15) is 6.42 Å². The molecule has 2 fully saturated rings. The van der Waals surface area contributed by atoms with E-state index in [4.69, 9.17) is 11.6 Å². The van der Waals surface area contributed by atoms with E-state index in [2.05, 4.69) is 15.5 Å². The van der Waals surface area contributed by atoms with Crippen molar-refractivity contribution in [2.75, 3.05) is 56.0 Å². The fourth-order valence-electron chi connectivity index (χ4n) is 4.24. The standard InChI is InChI=1S/C24H27ClFN5O3/c25-17-1-5-19(6-2-17)28-22(32)15-21-24(34)27-9-10-31(21)23(33)16-29-11-13-30(14-12-29)20-7-3-18(26)4-8-20/h1-8,21H,9-16H2,(H,27,34)(H,28,32)/t21-/m0/s1. The molecule has 4 rings (SSSR count). The second-order valence-corrected chi connectivity index (χ2v) is 8.83. The lowest BCUT2D eigenvalue weighted by Crippen LogP contribution is -2.60. The van der Waals surface area contributed by atoms with E-state index >= 15 is 0 Å². The molecule has 2 aliphatic heterocycles. The first-order valence-electron chi connectivity index (χ1n) is 11.2. The zero-order valence-electron chi connectivity index (χ0n) is 18.7. The van der Waals surface area contributed by atoms with E-state index in [1.165, 1.54) is 17.0 Å². The van der Waals surface area contributed by atoms with Crippen LogP contribution in [0.2, 0.25) is 5.02 Å². The van der Waals surface area contributed by atoms with E-state index < -0.39 is 6.04 Å². The Morgan fingerprint density at radius 1 is 1.00 bits per heavy atom. The number of piperazine rings is 2. The van der Waals surface area contributed by atoms with Gasteiger partial charge in [0.25, 0.3) is 0 Å². The summed E-state index contributed by atoms with van der Waals surface area (Å²) in [5.41, 5.74) is 1.52. The van der Waals surface area contributed by atoms with Gasteiger partial charge in [-0.05, 0) is 48.5 Å². The summed E-state index contributed by atoms with van der Waals surface area (Å²) < 4.78 is 13.2. The van der Waals surface area contributed by atoms with Crippen molar-refractivity contribution in [3.8, 4) is 0 Å². The molecule has 0 radical (unpaired) electrons. The zero-order chi connectivity index (χ0) is 24.1. The van der Waals surface area contributed by atoms with Gasteiger partial charge in [0, 0.05) is 55.7 Å². The van der Waals surface area contributed by atoms with Crippen molar-refractivity contribution in [3.05, 3.63) is 59.4 Å². The Labute approximate surface area is 202 Å². The highest BCUT2D eigenvalue weighted by Gasteiger charge is 2.35. The maximum Gasteiger partial charge on any atom is 0.243 e. The SMILES string of the molecule is O=C(C[C@H]1C(=O)NCCN1C(=O)CN1CCN(c2ccc(F)cc2)CC1)Nc1ccc(Cl)cc1. The number of carbonyl (C=O) groups is 3. The van der Waals surface area contributed by atoms with Crippen LogP contribution < -0.4 is 15.5 Å². The summed E-state index contributed by atoms with van der Waals surface area (Å²) in [7, 11) is 0. The van der Waals surface area contributed by atoms with Gasteiger partial charge >= 0.3 is 0 Å². The van der Waals surface area contributed by atoms with E-state index in [1.54, 1.807) is 36.4 Å². The largest absolute Gasteiger partial charge is 0.369 e. The van der Waals surface area contributed by atoms with Crippen molar-refractivity contribution < 1.29 is 18.8 Å². The average molecular weight is 488 g/mol. The summed E-state index contributed by atoms with van der Waals surface area (Å²) >= 11 is 5.87. The molecule has 180 valence electrons. The lowest BCUT2D eigenvalue weighted by atomic mass is 10.1. The monoisotopic (exact) mass is 487 g/mol. The molecule has 0 bridgehead atoms. The maximum atomic E-state index is 13.2. The highest BCUT2D eigenvalue weighted by Crippen LogP contribution is 2.18. The summed E-state index contributed by atoms with van der Waals surface area (Å²) in [5.74, 6) is -1.12. The van der Waals surface area contributed by atoms with Crippen LogP contribution in [0.25, 0.3) is 0 Å². The molecule has 0 unspecified atom stereocenters. The average Bonchev–Trinajstić information content (AvgIpc) is 2.83. The fraction of sp³-hybridized carbons (Fsp3) is 0.375. The predicted octanol–water partition coefficient (Wildman–Crippen LogP) is 1.96. The topological polar surface area (TPSA) is 85.0 Å². The van der Waals surface area contributed by atoms with Gasteiger partial charge < -0.3 is 20.4 Å². The number of hydrogen-bond donors (Lipinski definition) is 2. The Hall–Kier alpha value is -3.17. The molecule has 2 aliphatic rings. The Balaban J connectivity index is 1.31. The minimum Gasteiger partial charge on any atom is -0.369 e. The number of benzene rings is 2. The Morgan fingerprint density at radius 3 is 2.35 bits per heavy atom. The quantitative estimate of drug-likeness (QED) is 0.650. The van der Waals surface area contributed by atoms with Crippen LogP contribution in [0.5, 0.6) is 0 Å². The molecule has 10 heteroatoms. The first-order chi connectivity index (χ1) is 16.4. The molecule has 1 atom stereocenters. The smallest absolute Gasteiger partial charge is 0.243 e. The molecule has 0 aromatic heterocycles. The van der Waals surface area contributed by atoms with E-state index in [0.717, 1.165) is 5.69 Å². The fourth-order valence-corrected chi connectivity index (χ4v) is 4.36.